The molecule has 2 aromatic rings. The molecule has 0 spiro atoms. The van der Waals surface area contributed by atoms with Gasteiger partial charge in [-0.2, -0.15) is 0 Å². The van der Waals surface area contributed by atoms with Gasteiger partial charge in [-0.05, 0) is 30.2 Å². The number of carbonyl (C=O) groups excluding carboxylic acids is 1. The summed E-state index contributed by atoms with van der Waals surface area (Å²) in [5.41, 5.74) is 1.79. The zero-order chi connectivity index (χ0) is 16.1. The number of methoxy groups -OCH3 is 1. The lowest BCUT2D eigenvalue weighted by Gasteiger charge is -2.04. The Bertz CT molecular complexity index is 747. The average Bonchev–Trinajstić information content (AvgIpc) is 3.04. The van der Waals surface area contributed by atoms with Gasteiger partial charge in [0.15, 0.2) is 0 Å². The average molecular weight is 312 g/mol. The van der Waals surface area contributed by atoms with E-state index in [0.29, 0.717) is 12.4 Å². The number of nitrogens with zero attached hydrogens (tertiary/aromatic N) is 3. The number of dihydropyridines is 1. The van der Waals surface area contributed by atoms with Crippen molar-refractivity contribution in [2.24, 2.45) is 4.99 Å². The highest BCUT2D eigenvalue weighted by Gasteiger charge is 2.14. The Balaban J connectivity index is 1.60. The fraction of sp³-hybridized carbons (Fsp3) is 0.250. The van der Waals surface area contributed by atoms with Crippen molar-refractivity contribution in [3.8, 4) is 5.75 Å². The van der Waals surface area contributed by atoms with Crippen molar-refractivity contribution in [2.75, 3.05) is 19.0 Å². The van der Waals surface area contributed by atoms with Crippen molar-refractivity contribution in [1.29, 1.82) is 0 Å². The van der Waals surface area contributed by atoms with E-state index in [2.05, 4.69) is 20.5 Å². The first-order valence-corrected chi connectivity index (χ1v) is 7.20. The smallest absolute Gasteiger partial charge is 0.322 e. The second kappa shape index (κ2) is 6.87. The third-order valence-corrected chi connectivity index (χ3v) is 3.36. The van der Waals surface area contributed by atoms with Crippen LogP contribution in [0.15, 0.2) is 39.8 Å². The van der Waals surface area contributed by atoms with E-state index in [1.54, 1.807) is 13.3 Å². The summed E-state index contributed by atoms with van der Waals surface area (Å²) in [5.74, 6) is 0.945. The predicted molar refractivity (Wildman–Crippen MR) is 85.6 cm³/mol. The number of carbonyl (C=O) groups is 1. The Kier molecular flexibility index (Phi) is 4.46. The zero-order valence-electron chi connectivity index (χ0n) is 12.7. The summed E-state index contributed by atoms with van der Waals surface area (Å²) < 4.78 is 10.5. The van der Waals surface area contributed by atoms with E-state index < -0.39 is 0 Å². The van der Waals surface area contributed by atoms with E-state index in [9.17, 15) is 4.79 Å². The Morgan fingerprint density at radius 1 is 1.30 bits per heavy atom. The number of nitrogens with one attached hydrogen (secondary N) is 1. The largest absolute Gasteiger partial charge is 0.497 e. The molecule has 118 valence electrons. The van der Waals surface area contributed by atoms with Crippen LogP contribution in [0.5, 0.6) is 5.75 Å². The van der Waals surface area contributed by atoms with Crippen molar-refractivity contribution >= 4 is 23.7 Å². The number of anilines is 1. The quantitative estimate of drug-likeness (QED) is 0.913. The topological polar surface area (TPSA) is 89.6 Å². The highest BCUT2D eigenvalue weighted by Crippen LogP contribution is 2.20. The van der Waals surface area contributed by atoms with E-state index in [-0.39, 0.29) is 18.3 Å². The van der Waals surface area contributed by atoms with E-state index in [0.717, 1.165) is 23.3 Å². The lowest BCUT2D eigenvalue weighted by atomic mass is 10.1. The molecule has 0 aliphatic carbocycles. The predicted octanol–water partition coefficient (Wildman–Crippen LogP) is 2.12. The minimum atomic E-state index is -0.218. The van der Waals surface area contributed by atoms with Gasteiger partial charge in [0.2, 0.25) is 11.8 Å². The lowest BCUT2D eigenvalue weighted by Crippen LogP contribution is -2.14. The van der Waals surface area contributed by atoms with Gasteiger partial charge in [-0.25, -0.2) is 0 Å². The van der Waals surface area contributed by atoms with Gasteiger partial charge in [0.05, 0.1) is 13.5 Å². The van der Waals surface area contributed by atoms with Crippen LogP contribution in [0.3, 0.4) is 0 Å². The normalized spacial score (nSPS) is 13.5. The first-order chi connectivity index (χ1) is 11.2. The molecule has 1 aliphatic rings. The van der Waals surface area contributed by atoms with Gasteiger partial charge >= 0.3 is 6.01 Å². The number of amides is 1. The Morgan fingerprint density at radius 3 is 2.83 bits per heavy atom. The molecule has 0 saturated heterocycles. The van der Waals surface area contributed by atoms with Gasteiger partial charge in [0.1, 0.15) is 5.75 Å². The number of rotatable bonds is 5. The van der Waals surface area contributed by atoms with Gasteiger partial charge in [-0.3, -0.25) is 15.1 Å². The molecule has 1 aromatic heterocycles. The van der Waals surface area contributed by atoms with Gasteiger partial charge in [0.25, 0.3) is 0 Å². The highest BCUT2D eigenvalue weighted by molar-refractivity contribution is 5.90. The first kappa shape index (κ1) is 15.0. The van der Waals surface area contributed by atoms with Crippen LogP contribution >= 0.6 is 0 Å². The molecule has 1 N–H and O–H groups in total. The molecule has 1 aromatic carbocycles. The highest BCUT2D eigenvalue weighted by atomic mass is 16.5. The number of aromatic nitrogens is 2. The van der Waals surface area contributed by atoms with E-state index in [1.807, 2.05) is 30.3 Å². The fourth-order valence-electron chi connectivity index (χ4n) is 2.16. The minimum absolute atomic E-state index is 0.0990. The SMILES string of the molecule is COc1ccc(CC(=O)Nc2nnc(C3=CC=NCC3)o2)cc1. The summed E-state index contributed by atoms with van der Waals surface area (Å²) in [6.07, 6.45) is 4.51. The lowest BCUT2D eigenvalue weighted by molar-refractivity contribution is -0.115. The second-order valence-electron chi connectivity index (χ2n) is 4.98. The van der Waals surface area contributed by atoms with E-state index in [1.165, 1.54) is 0 Å². The summed E-state index contributed by atoms with van der Waals surface area (Å²) in [4.78, 5) is 16.1. The Labute approximate surface area is 133 Å². The van der Waals surface area contributed by atoms with Crippen LogP contribution < -0.4 is 10.1 Å². The monoisotopic (exact) mass is 312 g/mol. The van der Waals surface area contributed by atoms with Crippen molar-refractivity contribution < 1.29 is 13.9 Å². The van der Waals surface area contributed by atoms with Crippen LogP contribution in [0.1, 0.15) is 17.9 Å². The first-order valence-electron chi connectivity index (χ1n) is 7.20. The number of hydrogen-bond acceptors (Lipinski definition) is 6. The molecule has 0 atom stereocenters. The van der Waals surface area contributed by atoms with Crippen LogP contribution in [-0.2, 0) is 11.2 Å². The maximum absolute atomic E-state index is 12.0. The van der Waals surface area contributed by atoms with Crippen LogP contribution in [0, 0.1) is 0 Å². The van der Waals surface area contributed by atoms with Gasteiger partial charge in [-0.15, -0.1) is 5.10 Å². The van der Waals surface area contributed by atoms with Gasteiger partial charge in [-0.1, -0.05) is 17.2 Å². The zero-order valence-corrected chi connectivity index (χ0v) is 12.7. The summed E-state index contributed by atoms with van der Waals surface area (Å²) in [6.45, 7) is 0.702. The molecule has 23 heavy (non-hydrogen) atoms. The van der Waals surface area contributed by atoms with Gasteiger partial charge in [0, 0.05) is 18.3 Å². The van der Waals surface area contributed by atoms with Gasteiger partial charge < -0.3 is 9.15 Å². The molecule has 3 rings (SSSR count). The second-order valence-corrected chi connectivity index (χ2v) is 4.98. The molecule has 1 aliphatic heterocycles. The maximum atomic E-state index is 12.0. The Hall–Kier alpha value is -2.96. The van der Waals surface area contributed by atoms with E-state index >= 15 is 0 Å². The number of ether oxygens (including phenoxy) is 1. The Morgan fingerprint density at radius 2 is 2.13 bits per heavy atom. The summed E-state index contributed by atoms with van der Waals surface area (Å²) >= 11 is 0. The van der Waals surface area contributed by atoms with E-state index in [4.69, 9.17) is 9.15 Å². The summed E-state index contributed by atoms with van der Waals surface area (Å²) in [5, 5.41) is 10.4. The van der Waals surface area contributed by atoms with Crippen LogP contribution in [0.25, 0.3) is 5.57 Å². The van der Waals surface area contributed by atoms with Crippen molar-refractivity contribution in [1.82, 2.24) is 10.2 Å². The third kappa shape index (κ3) is 3.82. The number of aliphatic imine (C=N–C) groups is 1. The molecule has 0 saturated carbocycles. The van der Waals surface area contributed by atoms with Crippen LogP contribution in [0.4, 0.5) is 6.01 Å². The molecule has 0 bridgehead atoms. The molecule has 1 amide bonds. The molecule has 7 heteroatoms. The number of hydrogen-bond donors (Lipinski definition) is 1. The summed E-state index contributed by atoms with van der Waals surface area (Å²) in [7, 11) is 1.60. The number of allylic oxidation sites excluding steroid dienone is 1. The molecular formula is C16H16N4O3. The molecule has 0 unspecified atom stereocenters. The van der Waals surface area contributed by atoms with Crippen LogP contribution in [-0.4, -0.2) is 36.0 Å². The van der Waals surface area contributed by atoms with Crippen molar-refractivity contribution in [2.45, 2.75) is 12.8 Å². The fourth-order valence-corrected chi connectivity index (χ4v) is 2.16. The van der Waals surface area contributed by atoms with Crippen molar-refractivity contribution in [3.63, 3.8) is 0 Å². The maximum Gasteiger partial charge on any atom is 0.322 e. The summed E-state index contributed by atoms with van der Waals surface area (Å²) in [6, 6.07) is 7.39. The number of benzene rings is 1. The minimum Gasteiger partial charge on any atom is -0.497 e. The van der Waals surface area contributed by atoms with Crippen molar-refractivity contribution in [3.05, 3.63) is 41.8 Å². The molecule has 0 fully saturated rings. The molecule has 7 nitrogen and oxygen atoms in total. The third-order valence-electron chi connectivity index (χ3n) is 3.36. The molecule has 0 radical (unpaired) electrons. The molecule has 2 heterocycles. The molecular weight excluding hydrogens is 296 g/mol. The van der Waals surface area contributed by atoms with Crippen LogP contribution in [0.2, 0.25) is 0 Å². The standard InChI is InChI=1S/C16H16N4O3/c1-22-13-4-2-11(3-5-13)10-14(21)18-16-20-19-15(23-16)12-6-8-17-9-7-12/h2-6,8H,7,9-10H2,1H3,(H,18,20,21).